The van der Waals surface area contributed by atoms with Crippen molar-refractivity contribution >= 4 is 38.3 Å². The molecule has 0 bridgehead atoms. The summed E-state index contributed by atoms with van der Waals surface area (Å²) in [7, 11) is -3.40. The van der Waals surface area contributed by atoms with Gasteiger partial charge in [0, 0.05) is 31.4 Å². The van der Waals surface area contributed by atoms with E-state index in [1.54, 1.807) is 18.2 Å². The van der Waals surface area contributed by atoms with Gasteiger partial charge in [-0.2, -0.15) is 0 Å². The van der Waals surface area contributed by atoms with Crippen LogP contribution in [0.5, 0.6) is 0 Å². The number of benzene rings is 1. The quantitative estimate of drug-likeness (QED) is 0.845. The molecule has 1 aliphatic rings. The predicted octanol–water partition coefficient (Wildman–Crippen LogP) is 1.48. The second kappa shape index (κ2) is 5.57. The SMILES string of the molecule is CC(=O)SC1CC(=O)N(c2ccccc2S(C)(=O)=O)C1. The van der Waals surface area contributed by atoms with Gasteiger partial charge in [-0.15, -0.1) is 0 Å². The molecule has 1 fully saturated rings. The number of carbonyl (C=O) groups is 2. The molecule has 0 aliphatic carbocycles. The molecule has 1 unspecified atom stereocenters. The smallest absolute Gasteiger partial charge is 0.228 e. The average molecular weight is 313 g/mol. The lowest BCUT2D eigenvalue weighted by Gasteiger charge is -2.19. The van der Waals surface area contributed by atoms with Crippen molar-refractivity contribution < 1.29 is 18.0 Å². The Balaban J connectivity index is 2.34. The molecule has 0 spiro atoms. The van der Waals surface area contributed by atoms with Crippen LogP contribution in [-0.4, -0.2) is 37.5 Å². The Bertz CT molecular complexity index is 654. The van der Waals surface area contributed by atoms with Crippen LogP contribution in [0, 0.1) is 0 Å². The minimum atomic E-state index is -3.40. The molecule has 7 heteroatoms. The van der Waals surface area contributed by atoms with Gasteiger partial charge >= 0.3 is 0 Å². The first kappa shape index (κ1) is 15.1. The molecule has 0 N–H and O–H groups in total. The van der Waals surface area contributed by atoms with Crippen LogP contribution in [-0.2, 0) is 19.4 Å². The first-order valence-electron chi connectivity index (χ1n) is 6.05. The van der Waals surface area contributed by atoms with Crippen LogP contribution in [0.15, 0.2) is 29.2 Å². The molecule has 2 rings (SSSR count). The molecule has 1 saturated heterocycles. The molecule has 20 heavy (non-hydrogen) atoms. The number of hydrogen-bond donors (Lipinski definition) is 0. The van der Waals surface area contributed by atoms with Crippen molar-refractivity contribution in [1.82, 2.24) is 0 Å². The van der Waals surface area contributed by atoms with E-state index in [-0.39, 0.29) is 27.6 Å². The number of sulfone groups is 1. The van der Waals surface area contributed by atoms with E-state index in [0.717, 1.165) is 18.0 Å². The summed E-state index contributed by atoms with van der Waals surface area (Å²) in [6.07, 6.45) is 1.37. The Hall–Kier alpha value is -1.34. The van der Waals surface area contributed by atoms with Crippen molar-refractivity contribution in [2.45, 2.75) is 23.5 Å². The largest absolute Gasteiger partial charge is 0.310 e. The topological polar surface area (TPSA) is 71.5 Å². The van der Waals surface area contributed by atoms with Gasteiger partial charge < -0.3 is 4.90 Å². The maximum Gasteiger partial charge on any atom is 0.228 e. The van der Waals surface area contributed by atoms with Crippen LogP contribution in [0.2, 0.25) is 0 Å². The van der Waals surface area contributed by atoms with Crippen molar-refractivity contribution in [2.75, 3.05) is 17.7 Å². The number of nitrogens with zero attached hydrogens (tertiary/aromatic N) is 1. The first-order chi connectivity index (χ1) is 9.29. The van der Waals surface area contributed by atoms with Crippen molar-refractivity contribution in [2.24, 2.45) is 0 Å². The second-order valence-electron chi connectivity index (χ2n) is 4.68. The fraction of sp³-hybridized carbons (Fsp3) is 0.385. The summed E-state index contributed by atoms with van der Waals surface area (Å²) in [5, 5.41) is -0.159. The molecule has 1 amide bonds. The highest BCUT2D eigenvalue weighted by Crippen LogP contribution is 2.32. The van der Waals surface area contributed by atoms with E-state index in [4.69, 9.17) is 0 Å². The summed E-state index contributed by atoms with van der Waals surface area (Å²) < 4.78 is 23.6. The normalized spacial score (nSPS) is 19.4. The number of rotatable bonds is 3. The fourth-order valence-electron chi connectivity index (χ4n) is 2.21. The highest BCUT2D eigenvalue weighted by molar-refractivity contribution is 8.14. The molecule has 0 saturated carbocycles. The molecule has 1 aliphatic heterocycles. The maximum absolute atomic E-state index is 12.1. The van der Waals surface area contributed by atoms with Crippen LogP contribution in [0.1, 0.15) is 13.3 Å². The number of anilines is 1. The van der Waals surface area contributed by atoms with Gasteiger partial charge in [-0.3, -0.25) is 9.59 Å². The van der Waals surface area contributed by atoms with Gasteiger partial charge in [0.15, 0.2) is 15.0 Å². The van der Waals surface area contributed by atoms with Gasteiger partial charge in [-0.25, -0.2) is 8.42 Å². The van der Waals surface area contributed by atoms with Gasteiger partial charge in [0.2, 0.25) is 5.91 Å². The molecule has 108 valence electrons. The zero-order valence-corrected chi connectivity index (χ0v) is 12.8. The van der Waals surface area contributed by atoms with Crippen LogP contribution >= 0.6 is 11.8 Å². The predicted molar refractivity (Wildman–Crippen MR) is 78.6 cm³/mol. The molecule has 1 aromatic carbocycles. The monoisotopic (exact) mass is 313 g/mol. The number of thioether (sulfide) groups is 1. The molecule has 0 radical (unpaired) electrons. The highest BCUT2D eigenvalue weighted by Gasteiger charge is 2.33. The summed E-state index contributed by atoms with van der Waals surface area (Å²) >= 11 is 1.13. The van der Waals surface area contributed by atoms with Crippen molar-refractivity contribution in [3.8, 4) is 0 Å². The molecule has 1 atom stereocenters. The third-order valence-electron chi connectivity index (χ3n) is 2.98. The Morgan fingerprint density at radius 1 is 1.35 bits per heavy atom. The van der Waals surface area contributed by atoms with E-state index in [0.29, 0.717) is 12.2 Å². The minimum Gasteiger partial charge on any atom is -0.310 e. The fourth-order valence-corrected chi connectivity index (χ4v) is 4.02. The highest BCUT2D eigenvalue weighted by atomic mass is 32.2. The third kappa shape index (κ3) is 3.21. The molecule has 0 aromatic heterocycles. The number of carbonyl (C=O) groups excluding carboxylic acids is 2. The van der Waals surface area contributed by atoms with Gasteiger partial charge in [-0.1, -0.05) is 23.9 Å². The van der Waals surface area contributed by atoms with Gasteiger partial charge in [-0.05, 0) is 12.1 Å². The van der Waals surface area contributed by atoms with Crippen molar-refractivity contribution in [3.05, 3.63) is 24.3 Å². The van der Waals surface area contributed by atoms with E-state index in [9.17, 15) is 18.0 Å². The average Bonchev–Trinajstić information content (AvgIpc) is 2.68. The van der Waals surface area contributed by atoms with E-state index in [2.05, 4.69) is 0 Å². The van der Waals surface area contributed by atoms with Crippen LogP contribution in [0.3, 0.4) is 0 Å². The Morgan fingerprint density at radius 2 is 2.00 bits per heavy atom. The zero-order chi connectivity index (χ0) is 14.9. The summed E-state index contributed by atoms with van der Waals surface area (Å²) in [5.74, 6) is -0.153. The standard InChI is InChI=1S/C13H15NO4S2/c1-9(15)19-10-7-13(16)14(8-10)11-5-3-4-6-12(11)20(2,17)18/h3-6,10H,7-8H2,1-2H3. The maximum atomic E-state index is 12.1. The number of amides is 1. The Morgan fingerprint density at radius 3 is 2.60 bits per heavy atom. The summed E-state index contributed by atoms with van der Waals surface area (Å²) in [4.78, 5) is 24.8. The van der Waals surface area contributed by atoms with E-state index < -0.39 is 9.84 Å². The zero-order valence-electron chi connectivity index (χ0n) is 11.2. The Kier molecular flexibility index (Phi) is 4.19. The second-order valence-corrected chi connectivity index (χ2v) is 8.14. The van der Waals surface area contributed by atoms with Crippen LogP contribution in [0.4, 0.5) is 5.69 Å². The van der Waals surface area contributed by atoms with Gasteiger partial charge in [0.05, 0.1) is 10.6 Å². The van der Waals surface area contributed by atoms with Crippen molar-refractivity contribution in [3.63, 3.8) is 0 Å². The molecule has 1 aromatic rings. The van der Waals surface area contributed by atoms with Gasteiger partial charge in [0.25, 0.3) is 0 Å². The van der Waals surface area contributed by atoms with E-state index in [1.807, 2.05) is 0 Å². The Labute approximate surface area is 122 Å². The third-order valence-corrected chi connectivity index (χ3v) is 5.10. The lowest BCUT2D eigenvalue weighted by atomic mass is 10.3. The van der Waals surface area contributed by atoms with Gasteiger partial charge in [0.1, 0.15) is 0 Å². The molecule has 5 nitrogen and oxygen atoms in total. The first-order valence-corrected chi connectivity index (χ1v) is 8.83. The van der Waals surface area contributed by atoms with E-state index in [1.165, 1.54) is 17.9 Å². The van der Waals surface area contributed by atoms with Crippen molar-refractivity contribution in [1.29, 1.82) is 0 Å². The van der Waals surface area contributed by atoms with Crippen LogP contribution < -0.4 is 4.90 Å². The number of hydrogen-bond acceptors (Lipinski definition) is 5. The summed E-state index contributed by atoms with van der Waals surface area (Å²) in [6.45, 7) is 1.82. The van der Waals surface area contributed by atoms with E-state index >= 15 is 0 Å². The van der Waals surface area contributed by atoms with Crippen LogP contribution in [0.25, 0.3) is 0 Å². The molecular formula is C13H15NO4S2. The molecule has 1 heterocycles. The summed E-state index contributed by atoms with van der Waals surface area (Å²) in [6, 6.07) is 6.43. The summed E-state index contributed by atoms with van der Waals surface area (Å²) in [5.41, 5.74) is 0.395. The lowest BCUT2D eigenvalue weighted by molar-refractivity contribution is -0.117. The molecular weight excluding hydrogens is 298 g/mol. The number of para-hydroxylation sites is 1. The minimum absolute atomic E-state index is 0.0407. The lowest BCUT2D eigenvalue weighted by Crippen LogP contribution is -2.26.